The molecule has 5 rings (SSSR count). The van der Waals surface area contributed by atoms with Crippen LogP contribution in [-0.2, 0) is 22.5 Å². The maximum atomic E-state index is 13.4. The van der Waals surface area contributed by atoms with Gasteiger partial charge in [-0.15, -0.1) is 0 Å². The van der Waals surface area contributed by atoms with Gasteiger partial charge in [0.25, 0.3) is 0 Å². The molecule has 1 amide bonds. The maximum Gasteiger partial charge on any atom is 0.222 e. The minimum absolute atomic E-state index is 0.252. The molecule has 4 aromatic rings. The highest BCUT2D eigenvalue weighted by Gasteiger charge is 2.29. The fourth-order valence-corrected chi connectivity index (χ4v) is 6.08. The Kier molecular flexibility index (Phi) is 9.00. The number of imidazole rings is 1. The number of fused-ring (bicyclic) bond motifs is 1. The SMILES string of the molecule is COCCCn1c([C@@H]2CCCN(C(=O)C[C@H](C)Cc3ccc(-c4ccccc4Cl)cc3)C2)nc2ccccc21. The molecule has 1 saturated heterocycles. The van der Waals surface area contributed by atoms with Crippen LogP contribution in [0.15, 0.2) is 72.8 Å². The van der Waals surface area contributed by atoms with E-state index in [1.54, 1.807) is 7.11 Å². The first-order chi connectivity index (χ1) is 19.0. The van der Waals surface area contributed by atoms with Crippen molar-refractivity contribution in [3.05, 3.63) is 89.2 Å². The van der Waals surface area contributed by atoms with Crippen molar-refractivity contribution >= 4 is 28.5 Å². The summed E-state index contributed by atoms with van der Waals surface area (Å²) in [4.78, 5) is 20.5. The Balaban J connectivity index is 1.21. The summed E-state index contributed by atoms with van der Waals surface area (Å²) >= 11 is 6.37. The van der Waals surface area contributed by atoms with E-state index < -0.39 is 0 Å². The van der Waals surface area contributed by atoms with Gasteiger partial charge in [-0.1, -0.05) is 73.1 Å². The number of likely N-dealkylation sites (tertiary alicyclic amines) is 1. The average molecular weight is 544 g/mol. The molecule has 5 nitrogen and oxygen atoms in total. The molecule has 39 heavy (non-hydrogen) atoms. The van der Waals surface area contributed by atoms with Crippen LogP contribution in [0.4, 0.5) is 0 Å². The number of rotatable bonds is 10. The number of halogens is 1. The molecule has 3 aromatic carbocycles. The van der Waals surface area contributed by atoms with Crippen molar-refractivity contribution in [1.29, 1.82) is 0 Å². The van der Waals surface area contributed by atoms with E-state index >= 15 is 0 Å². The van der Waals surface area contributed by atoms with Crippen LogP contribution in [-0.4, -0.2) is 47.2 Å². The van der Waals surface area contributed by atoms with E-state index in [-0.39, 0.29) is 17.7 Å². The van der Waals surface area contributed by atoms with Crippen LogP contribution < -0.4 is 0 Å². The standard InChI is InChI=1S/C33H38ClN3O2/c1-24(21-25-14-16-26(17-15-25)28-10-3-4-11-29(28)34)22-32(38)36-18-7-9-27(23-36)33-35-30-12-5-6-13-31(30)37(33)19-8-20-39-2/h3-6,10-17,24,27H,7-9,18-23H2,1-2H3/t24-,27-/m1/s1. The molecule has 1 fully saturated rings. The minimum atomic E-state index is 0.252. The Morgan fingerprint density at radius 1 is 1.08 bits per heavy atom. The van der Waals surface area contributed by atoms with Crippen molar-refractivity contribution in [2.24, 2.45) is 5.92 Å². The van der Waals surface area contributed by atoms with Crippen molar-refractivity contribution in [1.82, 2.24) is 14.5 Å². The van der Waals surface area contributed by atoms with E-state index in [0.29, 0.717) is 6.42 Å². The van der Waals surface area contributed by atoms with Gasteiger partial charge in [-0.2, -0.15) is 0 Å². The number of carbonyl (C=O) groups is 1. The maximum absolute atomic E-state index is 13.4. The number of aryl methyl sites for hydroxylation is 1. The molecule has 0 spiro atoms. The zero-order valence-electron chi connectivity index (χ0n) is 23.0. The number of hydrogen-bond acceptors (Lipinski definition) is 3. The lowest BCUT2D eigenvalue weighted by molar-refractivity contribution is -0.133. The smallest absolute Gasteiger partial charge is 0.222 e. The van der Waals surface area contributed by atoms with Crippen molar-refractivity contribution < 1.29 is 9.53 Å². The zero-order valence-corrected chi connectivity index (χ0v) is 23.7. The lowest BCUT2D eigenvalue weighted by Crippen LogP contribution is -2.40. The third-order valence-corrected chi connectivity index (χ3v) is 8.13. The van der Waals surface area contributed by atoms with Gasteiger partial charge in [0.2, 0.25) is 5.91 Å². The molecule has 0 bridgehead atoms. The zero-order chi connectivity index (χ0) is 27.2. The first-order valence-electron chi connectivity index (χ1n) is 14.1. The summed E-state index contributed by atoms with van der Waals surface area (Å²) in [5.41, 5.74) is 5.60. The van der Waals surface area contributed by atoms with Crippen LogP contribution >= 0.6 is 11.6 Å². The number of nitrogens with zero attached hydrogens (tertiary/aromatic N) is 3. The summed E-state index contributed by atoms with van der Waals surface area (Å²) in [5, 5.41) is 0.759. The second-order valence-electron chi connectivity index (χ2n) is 10.8. The second kappa shape index (κ2) is 12.8. The lowest BCUT2D eigenvalue weighted by atomic mass is 9.93. The van der Waals surface area contributed by atoms with Gasteiger partial charge in [-0.05, 0) is 60.9 Å². The molecule has 1 aromatic heterocycles. The van der Waals surface area contributed by atoms with Gasteiger partial charge in [0.15, 0.2) is 0 Å². The molecule has 1 aliphatic rings. The molecular weight excluding hydrogens is 506 g/mol. The van der Waals surface area contributed by atoms with Gasteiger partial charge in [0, 0.05) is 56.3 Å². The molecule has 0 saturated carbocycles. The van der Waals surface area contributed by atoms with Gasteiger partial charge in [0.1, 0.15) is 5.82 Å². The number of para-hydroxylation sites is 2. The first-order valence-corrected chi connectivity index (χ1v) is 14.5. The number of aromatic nitrogens is 2. The van der Waals surface area contributed by atoms with Crippen molar-refractivity contribution in [3.8, 4) is 11.1 Å². The van der Waals surface area contributed by atoms with Crippen LogP contribution in [0.3, 0.4) is 0 Å². The number of benzene rings is 3. The molecular formula is C33H38ClN3O2. The van der Waals surface area contributed by atoms with E-state index in [0.717, 1.165) is 79.4 Å². The number of hydrogen-bond donors (Lipinski definition) is 0. The van der Waals surface area contributed by atoms with Crippen LogP contribution in [0.1, 0.15) is 49.9 Å². The van der Waals surface area contributed by atoms with Gasteiger partial charge in [0.05, 0.1) is 11.0 Å². The highest BCUT2D eigenvalue weighted by molar-refractivity contribution is 6.33. The summed E-state index contributed by atoms with van der Waals surface area (Å²) < 4.78 is 7.65. The highest BCUT2D eigenvalue weighted by atomic mass is 35.5. The van der Waals surface area contributed by atoms with E-state index in [1.165, 1.54) is 11.1 Å². The summed E-state index contributed by atoms with van der Waals surface area (Å²) in [6.45, 7) is 5.35. The first kappa shape index (κ1) is 27.4. The quantitative estimate of drug-likeness (QED) is 0.196. The minimum Gasteiger partial charge on any atom is -0.385 e. The molecule has 2 atom stereocenters. The Morgan fingerprint density at radius 2 is 1.85 bits per heavy atom. The number of carbonyl (C=O) groups excluding carboxylic acids is 1. The van der Waals surface area contributed by atoms with E-state index in [9.17, 15) is 4.79 Å². The predicted octanol–water partition coefficient (Wildman–Crippen LogP) is 7.37. The van der Waals surface area contributed by atoms with E-state index in [1.807, 2.05) is 30.3 Å². The Labute approximate surface area is 236 Å². The van der Waals surface area contributed by atoms with Gasteiger partial charge in [-0.25, -0.2) is 4.98 Å². The van der Waals surface area contributed by atoms with Gasteiger partial charge in [-0.3, -0.25) is 4.79 Å². The van der Waals surface area contributed by atoms with E-state index in [2.05, 4.69) is 58.9 Å². The van der Waals surface area contributed by atoms with Crippen LogP contribution in [0, 0.1) is 5.92 Å². The fraction of sp³-hybridized carbons (Fsp3) is 0.394. The predicted molar refractivity (Wildman–Crippen MR) is 159 cm³/mol. The number of piperidine rings is 1. The third-order valence-electron chi connectivity index (χ3n) is 7.80. The van der Waals surface area contributed by atoms with E-state index in [4.69, 9.17) is 21.3 Å². The number of ether oxygens (including phenoxy) is 1. The molecule has 2 heterocycles. The number of methoxy groups -OCH3 is 1. The summed E-state index contributed by atoms with van der Waals surface area (Å²) in [5.74, 6) is 1.88. The Morgan fingerprint density at radius 3 is 2.64 bits per heavy atom. The fourth-order valence-electron chi connectivity index (χ4n) is 5.84. The van der Waals surface area contributed by atoms with Crippen molar-refractivity contribution in [3.63, 3.8) is 0 Å². The normalized spacial score (nSPS) is 16.5. The Bertz CT molecular complexity index is 1400. The van der Waals surface area contributed by atoms with Crippen LogP contribution in [0.5, 0.6) is 0 Å². The highest BCUT2D eigenvalue weighted by Crippen LogP contribution is 2.31. The monoisotopic (exact) mass is 543 g/mol. The second-order valence-corrected chi connectivity index (χ2v) is 11.2. The van der Waals surface area contributed by atoms with Gasteiger partial charge >= 0.3 is 0 Å². The van der Waals surface area contributed by atoms with Crippen LogP contribution in [0.2, 0.25) is 5.02 Å². The van der Waals surface area contributed by atoms with Crippen molar-refractivity contribution in [2.75, 3.05) is 26.8 Å². The number of amides is 1. The molecule has 0 radical (unpaired) electrons. The molecule has 0 unspecified atom stereocenters. The topological polar surface area (TPSA) is 47.4 Å². The molecule has 0 N–H and O–H groups in total. The Hall–Kier alpha value is -3.15. The molecule has 0 aliphatic carbocycles. The van der Waals surface area contributed by atoms with Gasteiger partial charge < -0.3 is 14.2 Å². The van der Waals surface area contributed by atoms with Crippen molar-refractivity contribution in [2.45, 2.75) is 51.5 Å². The summed E-state index contributed by atoms with van der Waals surface area (Å²) in [7, 11) is 1.74. The lowest BCUT2D eigenvalue weighted by Gasteiger charge is -2.33. The molecule has 6 heteroatoms. The molecule has 204 valence electrons. The average Bonchev–Trinajstić information content (AvgIpc) is 3.33. The van der Waals surface area contributed by atoms with Crippen LogP contribution in [0.25, 0.3) is 22.2 Å². The third kappa shape index (κ3) is 6.54. The summed E-state index contributed by atoms with van der Waals surface area (Å²) in [6, 6.07) is 24.8. The summed E-state index contributed by atoms with van der Waals surface area (Å²) in [6.07, 6.45) is 4.45. The molecule has 1 aliphatic heterocycles. The largest absolute Gasteiger partial charge is 0.385 e.